The number of imide groups is 1. The monoisotopic (exact) mass is 330 g/mol. The number of fused-ring (bicyclic) bond motifs is 1. The van der Waals surface area contributed by atoms with Gasteiger partial charge >= 0.3 is 6.09 Å². The van der Waals surface area contributed by atoms with E-state index in [2.05, 4.69) is 4.74 Å². The summed E-state index contributed by atoms with van der Waals surface area (Å²) >= 11 is 0. The zero-order valence-electron chi connectivity index (χ0n) is 12.9. The molecule has 0 spiro atoms. The molecule has 3 amide bonds. The third-order valence-electron chi connectivity index (χ3n) is 4.24. The summed E-state index contributed by atoms with van der Waals surface area (Å²) in [6, 6.07) is 6.72. The highest BCUT2D eigenvalue weighted by molar-refractivity contribution is 6.00. The van der Waals surface area contributed by atoms with Crippen LogP contribution in [-0.2, 0) is 9.53 Å². The average Bonchev–Trinajstić information content (AvgIpc) is 3.11. The minimum atomic E-state index is -0.648. The normalized spacial score (nSPS) is 18.0. The van der Waals surface area contributed by atoms with E-state index in [1.54, 1.807) is 12.1 Å². The van der Waals surface area contributed by atoms with Crippen LogP contribution in [0.3, 0.4) is 0 Å². The minimum absolute atomic E-state index is 0.197. The molecule has 2 aliphatic rings. The number of amides is 3. The topological polar surface area (TPSA) is 89.3 Å². The van der Waals surface area contributed by atoms with E-state index in [1.807, 2.05) is 12.1 Å². The van der Waals surface area contributed by atoms with E-state index in [9.17, 15) is 14.4 Å². The van der Waals surface area contributed by atoms with Gasteiger partial charge in [-0.1, -0.05) is 12.1 Å². The first-order valence-corrected chi connectivity index (χ1v) is 7.43. The Morgan fingerprint density at radius 2 is 2.08 bits per heavy atom. The van der Waals surface area contributed by atoms with Crippen molar-refractivity contribution in [3.05, 3.63) is 30.0 Å². The molecule has 1 aromatic heterocycles. The fraction of sp³-hybridized carbons (Fsp3) is 0.312. The lowest BCUT2D eigenvalue weighted by molar-refractivity contribution is -0.129. The molecular weight excluding hydrogens is 316 g/mol. The molecule has 2 aliphatic heterocycles. The van der Waals surface area contributed by atoms with Crippen LogP contribution in [0.5, 0.6) is 5.75 Å². The van der Waals surface area contributed by atoms with E-state index >= 15 is 0 Å². The molecule has 0 atom stereocenters. The number of benzene rings is 1. The van der Waals surface area contributed by atoms with Gasteiger partial charge in [0.25, 0.3) is 11.8 Å². The maximum absolute atomic E-state index is 12.5. The average molecular weight is 330 g/mol. The van der Waals surface area contributed by atoms with Crippen LogP contribution in [0.1, 0.15) is 10.6 Å². The molecule has 4 rings (SSSR count). The van der Waals surface area contributed by atoms with E-state index in [1.165, 1.54) is 12.0 Å². The van der Waals surface area contributed by atoms with Crippen LogP contribution in [0.4, 0.5) is 4.79 Å². The number of hydrogen-bond acceptors (Lipinski definition) is 6. The van der Waals surface area contributed by atoms with Gasteiger partial charge in [0, 0.05) is 18.5 Å². The van der Waals surface area contributed by atoms with Crippen molar-refractivity contribution in [3.63, 3.8) is 0 Å². The van der Waals surface area contributed by atoms with Gasteiger partial charge in [0.05, 0.1) is 13.2 Å². The van der Waals surface area contributed by atoms with Crippen molar-refractivity contribution < 1.29 is 28.3 Å². The third-order valence-corrected chi connectivity index (χ3v) is 4.24. The summed E-state index contributed by atoms with van der Waals surface area (Å²) in [5, 5.41) is 0.771. The molecule has 2 fully saturated rings. The summed E-state index contributed by atoms with van der Waals surface area (Å²) < 4.78 is 15.5. The van der Waals surface area contributed by atoms with Crippen LogP contribution in [-0.4, -0.2) is 60.6 Å². The smallest absolute Gasteiger partial charge is 0.417 e. The number of methoxy groups -OCH3 is 1. The molecule has 0 saturated carbocycles. The van der Waals surface area contributed by atoms with Gasteiger partial charge in [0.15, 0.2) is 23.7 Å². The number of para-hydroxylation sites is 1. The van der Waals surface area contributed by atoms with Gasteiger partial charge < -0.3 is 18.8 Å². The van der Waals surface area contributed by atoms with Crippen LogP contribution in [0.15, 0.2) is 28.7 Å². The van der Waals surface area contributed by atoms with Crippen molar-refractivity contribution in [2.24, 2.45) is 0 Å². The first-order chi connectivity index (χ1) is 11.6. The Kier molecular flexibility index (Phi) is 3.19. The van der Waals surface area contributed by atoms with Crippen LogP contribution < -0.4 is 4.74 Å². The van der Waals surface area contributed by atoms with Gasteiger partial charge in [0.1, 0.15) is 0 Å². The quantitative estimate of drug-likeness (QED) is 0.841. The van der Waals surface area contributed by atoms with Gasteiger partial charge in [-0.25, -0.2) is 9.69 Å². The van der Waals surface area contributed by atoms with E-state index in [0.717, 1.165) is 10.3 Å². The van der Waals surface area contributed by atoms with E-state index in [4.69, 9.17) is 9.15 Å². The SMILES string of the molecule is COc1cccc2cc(C(=O)N3CC(N4C(=O)COC4=O)C3)oc12. The van der Waals surface area contributed by atoms with Crippen LogP contribution in [0.25, 0.3) is 11.0 Å². The second kappa shape index (κ2) is 5.26. The van der Waals surface area contributed by atoms with E-state index in [-0.39, 0.29) is 43.3 Å². The predicted molar refractivity (Wildman–Crippen MR) is 80.7 cm³/mol. The van der Waals surface area contributed by atoms with E-state index < -0.39 is 6.09 Å². The fourth-order valence-corrected chi connectivity index (χ4v) is 2.96. The van der Waals surface area contributed by atoms with Gasteiger partial charge in [-0.3, -0.25) is 9.59 Å². The van der Waals surface area contributed by atoms with Crippen molar-refractivity contribution >= 4 is 28.9 Å². The summed E-state index contributed by atoms with van der Waals surface area (Å²) in [7, 11) is 1.53. The molecule has 0 aliphatic carbocycles. The van der Waals surface area contributed by atoms with Crippen molar-refractivity contribution in [1.82, 2.24) is 9.80 Å². The maximum Gasteiger partial charge on any atom is 0.417 e. The maximum atomic E-state index is 12.5. The van der Waals surface area contributed by atoms with Crippen molar-refractivity contribution in [3.8, 4) is 5.75 Å². The highest BCUT2D eigenvalue weighted by atomic mass is 16.6. The molecule has 2 aromatic rings. The van der Waals surface area contributed by atoms with Crippen LogP contribution in [0.2, 0.25) is 0 Å². The zero-order chi connectivity index (χ0) is 16.8. The highest BCUT2D eigenvalue weighted by Gasteiger charge is 2.44. The number of nitrogens with zero attached hydrogens (tertiary/aromatic N) is 2. The first-order valence-electron chi connectivity index (χ1n) is 7.43. The Hall–Kier alpha value is -3.03. The molecule has 8 heteroatoms. The van der Waals surface area contributed by atoms with E-state index in [0.29, 0.717) is 11.3 Å². The molecule has 24 heavy (non-hydrogen) atoms. The van der Waals surface area contributed by atoms with Crippen molar-refractivity contribution in [1.29, 1.82) is 0 Å². The van der Waals surface area contributed by atoms with Gasteiger partial charge in [-0.15, -0.1) is 0 Å². The first kappa shape index (κ1) is 14.6. The Morgan fingerprint density at radius 3 is 2.75 bits per heavy atom. The molecule has 1 aromatic carbocycles. The summed E-state index contributed by atoms with van der Waals surface area (Å²) in [6.45, 7) is 0.314. The molecule has 2 saturated heterocycles. The van der Waals surface area contributed by atoms with Crippen molar-refractivity contribution in [2.45, 2.75) is 6.04 Å². The second-order valence-corrected chi connectivity index (χ2v) is 5.67. The predicted octanol–water partition coefficient (Wildman–Crippen LogP) is 1.24. The number of ether oxygens (including phenoxy) is 2. The Balaban J connectivity index is 1.50. The number of furan rings is 1. The standard InChI is InChI=1S/C16H14N2O6/c1-22-11-4-2-3-9-5-12(24-14(9)11)15(20)17-6-10(7-17)18-13(19)8-23-16(18)21/h2-5,10H,6-8H2,1H3. The van der Waals surface area contributed by atoms with Gasteiger partial charge in [-0.2, -0.15) is 0 Å². The number of rotatable bonds is 3. The summed E-state index contributed by atoms with van der Waals surface area (Å²) in [5.74, 6) is 0.0943. The molecule has 0 N–H and O–H groups in total. The largest absolute Gasteiger partial charge is 0.493 e. The molecule has 124 valence electrons. The minimum Gasteiger partial charge on any atom is -0.493 e. The molecular formula is C16H14N2O6. The molecule has 0 bridgehead atoms. The van der Waals surface area contributed by atoms with Crippen LogP contribution in [0, 0.1) is 0 Å². The van der Waals surface area contributed by atoms with Crippen LogP contribution >= 0.6 is 0 Å². The summed E-state index contributed by atoms with van der Waals surface area (Å²) in [6.07, 6.45) is -0.648. The van der Waals surface area contributed by atoms with Gasteiger partial charge in [0.2, 0.25) is 0 Å². The summed E-state index contributed by atoms with van der Waals surface area (Å²) in [4.78, 5) is 38.2. The Morgan fingerprint density at radius 1 is 1.29 bits per heavy atom. The number of likely N-dealkylation sites (tertiary alicyclic amines) is 1. The van der Waals surface area contributed by atoms with Gasteiger partial charge in [-0.05, 0) is 12.1 Å². The number of cyclic esters (lactones) is 1. The lowest BCUT2D eigenvalue weighted by Crippen LogP contribution is -2.62. The lowest BCUT2D eigenvalue weighted by Gasteiger charge is -2.41. The number of carbonyl (C=O) groups excluding carboxylic acids is 3. The third kappa shape index (κ3) is 2.10. The molecule has 0 radical (unpaired) electrons. The Bertz CT molecular complexity index is 835. The second-order valence-electron chi connectivity index (χ2n) is 5.67. The highest BCUT2D eigenvalue weighted by Crippen LogP contribution is 2.30. The summed E-state index contributed by atoms with van der Waals surface area (Å²) in [5.41, 5.74) is 0.513. The van der Waals surface area contributed by atoms with Crippen molar-refractivity contribution in [2.75, 3.05) is 26.8 Å². The molecule has 3 heterocycles. The molecule has 8 nitrogen and oxygen atoms in total. The zero-order valence-corrected chi connectivity index (χ0v) is 12.9. The number of carbonyl (C=O) groups is 3. The lowest BCUT2D eigenvalue weighted by atomic mass is 10.1. The fourth-order valence-electron chi connectivity index (χ4n) is 2.96. The number of hydrogen-bond donors (Lipinski definition) is 0. The Labute approximate surface area is 136 Å². The molecule has 0 unspecified atom stereocenters.